The van der Waals surface area contributed by atoms with Crippen LogP contribution in [-0.2, 0) is 9.36 Å². The molecule has 2 aliphatic rings. The highest BCUT2D eigenvalue weighted by Gasteiger charge is 2.43. The van der Waals surface area contributed by atoms with Crippen LogP contribution in [-0.4, -0.2) is 29.3 Å². The van der Waals surface area contributed by atoms with Crippen molar-refractivity contribution in [2.75, 3.05) is 0 Å². The Bertz CT molecular complexity index is 386. The van der Waals surface area contributed by atoms with Gasteiger partial charge in [-0.1, -0.05) is 4.57 Å². The zero-order valence-corrected chi connectivity index (χ0v) is 7.31. The summed E-state index contributed by atoms with van der Waals surface area (Å²) < 4.78 is 10.6. The van der Waals surface area contributed by atoms with Crippen molar-refractivity contribution in [3.63, 3.8) is 0 Å². The number of carbonyl (C=O) groups excluding carboxylic acids is 1. The number of amidine groups is 1. The first-order valence-corrected chi connectivity index (χ1v) is 4.27. The second-order valence-electron chi connectivity index (χ2n) is 2.48. The number of amides is 1. The second-order valence-corrected chi connectivity index (χ2v) is 3.45. The van der Waals surface area contributed by atoms with E-state index < -0.39 is 19.9 Å². The maximum atomic E-state index is 11.2. The van der Waals surface area contributed by atoms with E-state index in [4.69, 9.17) is 5.73 Å². The van der Waals surface area contributed by atoms with E-state index in [0.717, 1.165) is 0 Å². The van der Waals surface area contributed by atoms with Gasteiger partial charge in [0.15, 0.2) is 11.5 Å². The predicted octanol–water partition coefficient (Wildman–Crippen LogP) is -1.41. The van der Waals surface area contributed by atoms with Gasteiger partial charge in [0.1, 0.15) is 6.34 Å². The van der Waals surface area contributed by atoms with Crippen LogP contribution in [0, 0.1) is 0 Å². The van der Waals surface area contributed by atoms with Crippen LogP contribution in [0.15, 0.2) is 15.0 Å². The molecule has 0 saturated heterocycles. The molecule has 13 heavy (non-hydrogen) atoms. The van der Waals surface area contributed by atoms with E-state index in [-0.39, 0.29) is 11.5 Å². The number of nitrogens with two attached hydrogens (primary N) is 1. The number of nitrogens with zero attached hydrogens (tertiary/aromatic N) is 3. The third kappa shape index (κ3) is 1.18. The third-order valence-electron chi connectivity index (χ3n) is 1.54. The number of carbonyl (C=O) groups is 1. The molecule has 0 spiro atoms. The van der Waals surface area contributed by atoms with Gasteiger partial charge in [-0.2, -0.15) is 4.99 Å². The summed E-state index contributed by atoms with van der Waals surface area (Å²) in [6.45, 7) is 0. The number of hydrogen-bond donors (Lipinski definition) is 2. The number of rotatable bonds is 1. The summed E-state index contributed by atoms with van der Waals surface area (Å²) in [5.41, 5.74) is 4.02. The summed E-state index contributed by atoms with van der Waals surface area (Å²) >= 11 is 0. The highest BCUT2D eigenvalue weighted by Crippen LogP contribution is 2.19. The molecule has 8 heteroatoms. The van der Waals surface area contributed by atoms with Gasteiger partial charge in [-0.15, -0.1) is 0 Å². The summed E-state index contributed by atoms with van der Waals surface area (Å²) in [6.07, 6.45) is 1.20. The lowest BCUT2D eigenvalue weighted by Crippen LogP contribution is -2.57. The van der Waals surface area contributed by atoms with Crippen molar-refractivity contribution >= 4 is 32.3 Å². The molecule has 2 heterocycles. The smallest absolute Gasteiger partial charge is 0.272 e. The maximum Gasteiger partial charge on any atom is 0.395 e. The minimum absolute atomic E-state index is 0.110. The van der Waals surface area contributed by atoms with Crippen LogP contribution in [0.3, 0.4) is 0 Å². The van der Waals surface area contributed by atoms with Crippen molar-refractivity contribution in [1.29, 1.82) is 0 Å². The van der Waals surface area contributed by atoms with E-state index in [1.165, 1.54) is 6.34 Å². The number of fused-ring (bicyclic) bond motifs is 1. The van der Waals surface area contributed by atoms with Crippen molar-refractivity contribution in [2.45, 2.75) is 5.53 Å². The van der Waals surface area contributed by atoms with Gasteiger partial charge in [0, 0.05) is 0 Å². The number of aliphatic imine (C=N–C) groups is 3. The van der Waals surface area contributed by atoms with Crippen molar-refractivity contribution in [3.8, 4) is 0 Å². The molecule has 2 rings (SSSR count). The Labute approximate surface area is 74.0 Å². The van der Waals surface area contributed by atoms with Crippen LogP contribution in [0.4, 0.5) is 0 Å². The first kappa shape index (κ1) is 8.15. The van der Waals surface area contributed by atoms with Crippen LogP contribution < -0.4 is 11.1 Å². The normalized spacial score (nSPS) is 31.0. The van der Waals surface area contributed by atoms with Gasteiger partial charge in [0.05, 0.1) is 0 Å². The Kier molecular flexibility index (Phi) is 1.58. The molecule has 2 atom stereocenters. The lowest BCUT2D eigenvalue weighted by atomic mass is 10.3. The Morgan fingerprint density at radius 2 is 2.38 bits per heavy atom. The van der Waals surface area contributed by atoms with E-state index in [1.54, 1.807) is 0 Å². The van der Waals surface area contributed by atoms with Gasteiger partial charge in [0.25, 0.3) is 5.91 Å². The van der Waals surface area contributed by atoms with E-state index in [1.807, 2.05) is 0 Å². The molecule has 0 radical (unpaired) electrons. The predicted molar refractivity (Wildman–Crippen MR) is 47.4 cm³/mol. The molecule has 0 bridgehead atoms. The van der Waals surface area contributed by atoms with E-state index in [0.29, 0.717) is 0 Å². The van der Waals surface area contributed by atoms with Crippen LogP contribution >= 0.6 is 8.46 Å². The third-order valence-corrected chi connectivity index (χ3v) is 2.08. The number of hydrogen-bond acceptors (Lipinski definition) is 6. The minimum atomic E-state index is -1.55. The summed E-state index contributed by atoms with van der Waals surface area (Å²) in [5.74, 6) is -0.372. The van der Waals surface area contributed by atoms with Gasteiger partial charge < -0.3 is 0 Å². The molecule has 66 valence electrons. The van der Waals surface area contributed by atoms with E-state index in [2.05, 4.69) is 20.3 Å². The van der Waals surface area contributed by atoms with Gasteiger partial charge in [-0.05, 0) is 0 Å². The first-order valence-electron chi connectivity index (χ1n) is 3.36. The standard InChI is InChI=1S/C5H4N5O2P/c6-5(13-12)9-3-2(4(11)10-5)7-1-8-3/h1H,6H2,(H,10,11)/p+1. The van der Waals surface area contributed by atoms with Gasteiger partial charge in [-0.3, -0.25) is 10.1 Å². The molecule has 0 aliphatic carbocycles. The second kappa shape index (κ2) is 2.51. The molecule has 3 N–H and O–H groups in total. The topological polar surface area (TPSA) is 109 Å². The maximum absolute atomic E-state index is 11.2. The van der Waals surface area contributed by atoms with Crippen LogP contribution in [0.5, 0.6) is 0 Å². The molecule has 2 aliphatic heterocycles. The minimum Gasteiger partial charge on any atom is -0.272 e. The summed E-state index contributed by atoms with van der Waals surface area (Å²) in [7, 11) is -0.968. The van der Waals surface area contributed by atoms with E-state index in [9.17, 15) is 9.36 Å². The zero-order chi connectivity index (χ0) is 9.47. The van der Waals surface area contributed by atoms with Crippen LogP contribution in [0.1, 0.15) is 0 Å². The van der Waals surface area contributed by atoms with Crippen molar-refractivity contribution in [1.82, 2.24) is 5.32 Å². The summed E-state index contributed by atoms with van der Waals surface area (Å²) in [5, 5.41) is 2.25. The lowest BCUT2D eigenvalue weighted by Gasteiger charge is -2.17. The fourth-order valence-electron chi connectivity index (χ4n) is 0.978. The van der Waals surface area contributed by atoms with Gasteiger partial charge in [-0.25, -0.2) is 15.7 Å². The molecule has 0 aromatic heterocycles. The molecule has 1 amide bonds. The van der Waals surface area contributed by atoms with Crippen molar-refractivity contribution in [2.24, 2.45) is 20.7 Å². The Morgan fingerprint density at radius 1 is 1.62 bits per heavy atom. The quantitative estimate of drug-likeness (QED) is 0.505. The SMILES string of the molecule is NC1([PH+]=O)N=C2N=CN=C2C(=O)N1. The Balaban J connectivity index is 2.50. The van der Waals surface area contributed by atoms with Crippen LogP contribution in [0.2, 0.25) is 0 Å². The average Bonchev–Trinajstić information content (AvgIpc) is 2.52. The first-order chi connectivity index (χ1) is 6.14. The van der Waals surface area contributed by atoms with E-state index >= 15 is 0 Å². The fraction of sp³-hybridized carbons (Fsp3) is 0.200. The Hall–Kier alpha value is -1.46. The molecule has 0 aromatic carbocycles. The molecule has 0 saturated carbocycles. The Morgan fingerprint density at radius 3 is 3.08 bits per heavy atom. The largest absolute Gasteiger partial charge is 0.395 e. The summed E-state index contributed by atoms with van der Waals surface area (Å²) in [6, 6.07) is 0. The average molecular weight is 198 g/mol. The fourth-order valence-corrected chi connectivity index (χ4v) is 1.29. The molecule has 0 fully saturated rings. The molecule has 0 aromatic rings. The highest BCUT2D eigenvalue weighted by atomic mass is 31.1. The molecule has 7 nitrogen and oxygen atoms in total. The number of nitrogens with one attached hydrogen (secondary N) is 1. The lowest BCUT2D eigenvalue weighted by molar-refractivity contribution is -0.115. The monoisotopic (exact) mass is 198 g/mol. The highest BCUT2D eigenvalue weighted by molar-refractivity contribution is 7.26. The van der Waals surface area contributed by atoms with Crippen molar-refractivity contribution in [3.05, 3.63) is 0 Å². The van der Waals surface area contributed by atoms with Crippen molar-refractivity contribution < 1.29 is 9.36 Å². The molecular weight excluding hydrogens is 193 g/mol. The zero-order valence-electron chi connectivity index (χ0n) is 6.31. The van der Waals surface area contributed by atoms with Crippen LogP contribution in [0.25, 0.3) is 0 Å². The van der Waals surface area contributed by atoms with Gasteiger partial charge >= 0.3 is 14.0 Å². The molecular formula is C5H5N5O2P+. The summed E-state index contributed by atoms with van der Waals surface area (Å²) in [4.78, 5) is 22.4. The van der Waals surface area contributed by atoms with Gasteiger partial charge in [0.2, 0.25) is 0 Å². The molecule has 2 unspecified atom stereocenters.